The van der Waals surface area contributed by atoms with Crippen molar-refractivity contribution >= 4 is 19.7 Å². The predicted molar refractivity (Wildman–Crippen MR) is 58.6 cm³/mol. The fourth-order valence-electron chi connectivity index (χ4n) is 1.31. The SMILES string of the molecule is O=S(=O)(Cl)c1cccc(Cn2cnnc2)c1. The highest BCUT2D eigenvalue weighted by molar-refractivity contribution is 8.13. The molecule has 0 aliphatic heterocycles. The Labute approximate surface area is 97.1 Å². The summed E-state index contributed by atoms with van der Waals surface area (Å²) in [7, 11) is 1.58. The van der Waals surface area contributed by atoms with Crippen LogP contribution in [0.4, 0.5) is 0 Å². The molecule has 0 bridgehead atoms. The van der Waals surface area contributed by atoms with Crippen LogP contribution >= 0.6 is 10.7 Å². The van der Waals surface area contributed by atoms with Gasteiger partial charge in [0.15, 0.2) is 0 Å². The Bertz CT molecular complexity index is 581. The fourth-order valence-corrected chi connectivity index (χ4v) is 2.13. The van der Waals surface area contributed by atoms with Crippen LogP contribution in [-0.2, 0) is 15.6 Å². The number of hydrogen-bond donors (Lipinski definition) is 0. The van der Waals surface area contributed by atoms with Gasteiger partial charge in [-0.2, -0.15) is 0 Å². The number of halogens is 1. The van der Waals surface area contributed by atoms with Crippen LogP contribution in [-0.4, -0.2) is 23.2 Å². The monoisotopic (exact) mass is 257 g/mol. The molecule has 0 fully saturated rings. The zero-order valence-electron chi connectivity index (χ0n) is 8.12. The molecule has 0 aliphatic rings. The highest BCUT2D eigenvalue weighted by atomic mass is 35.7. The lowest BCUT2D eigenvalue weighted by Crippen LogP contribution is -1.98. The third-order valence-corrected chi connectivity index (χ3v) is 3.36. The first-order valence-corrected chi connectivity index (χ1v) is 6.73. The van der Waals surface area contributed by atoms with Gasteiger partial charge in [0.2, 0.25) is 0 Å². The van der Waals surface area contributed by atoms with E-state index in [0.29, 0.717) is 6.54 Å². The van der Waals surface area contributed by atoms with Gasteiger partial charge in [0.05, 0.1) is 11.4 Å². The van der Waals surface area contributed by atoms with Gasteiger partial charge in [0.1, 0.15) is 12.7 Å². The summed E-state index contributed by atoms with van der Waals surface area (Å²) in [4.78, 5) is 0.0970. The molecule has 1 aromatic carbocycles. The Hall–Kier alpha value is -1.40. The summed E-state index contributed by atoms with van der Waals surface area (Å²) in [6.07, 6.45) is 3.11. The van der Waals surface area contributed by atoms with Crippen molar-refractivity contribution in [1.82, 2.24) is 14.8 Å². The second-order valence-electron chi connectivity index (χ2n) is 3.22. The lowest BCUT2D eigenvalue weighted by Gasteiger charge is -2.03. The average Bonchev–Trinajstić information content (AvgIpc) is 2.70. The van der Waals surface area contributed by atoms with E-state index in [-0.39, 0.29) is 4.90 Å². The molecule has 0 aliphatic carbocycles. The van der Waals surface area contributed by atoms with Gasteiger partial charge in [-0.1, -0.05) is 12.1 Å². The van der Waals surface area contributed by atoms with E-state index in [9.17, 15) is 8.42 Å². The number of benzene rings is 1. The quantitative estimate of drug-likeness (QED) is 0.777. The molecule has 0 radical (unpaired) electrons. The normalized spacial score (nSPS) is 11.6. The molecule has 0 amide bonds. The smallest absolute Gasteiger partial charge is 0.261 e. The topological polar surface area (TPSA) is 64.8 Å². The number of hydrogen-bond acceptors (Lipinski definition) is 4. The molecule has 0 N–H and O–H groups in total. The molecule has 1 aromatic heterocycles. The first-order valence-electron chi connectivity index (χ1n) is 4.42. The third kappa shape index (κ3) is 2.59. The molecule has 2 aromatic rings. The molecule has 0 spiro atoms. The maximum atomic E-state index is 11.1. The Morgan fingerprint density at radius 1 is 1.25 bits per heavy atom. The van der Waals surface area contributed by atoms with Crippen molar-refractivity contribution in [1.29, 1.82) is 0 Å². The second kappa shape index (κ2) is 4.23. The number of rotatable bonds is 3. The summed E-state index contributed by atoms with van der Waals surface area (Å²) in [5.41, 5.74) is 0.821. The van der Waals surface area contributed by atoms with Crippen molar-refractivity contribution in [2.75, 3.05) is 0 Å². The minimum atomic E-state index is -3.67. The summed E-state index contributed by atoms with van der Waals surface area (Å²) in [5, 5.41) is 7.32. The van der Waals surface area contributed by atoms with Crippen LogP contribution in [0.2, 0.25) is 0 Å². The molecular formula is C9H8ClN3O2S. The van der Waals surface area contributed by atoms with Gasteiger partial charge in [0, 0.05) is 10.7 Å². The molecule has 0 atom stereocenters. The minimum Gasteiger partial charge on any atom is -0.316 e. The molecule has 0 saturated carbocycles. The summed E-state index contributed by atoms with van der Waals surface area (Å²) in [5.74, 6) is 0. The Morgan fingerprint density at radius 3 is 2.56 bits per heavy atom. The number of nitrogens with zero attached hydrogens (tertiary/aromatic N) is 3. The van der Waals surface area contributed by atoms with Crippen molar-refractivity contribution < 1.29 is 8.42 Å². The Morgan fingerprint density at radius 2 is 1.94 bits per heavy atom. The zero-order valence-corrected chi connectivity index (χ0v) is 9.69. The van der Waals surface area contributed by atoms with Gasteiger partial charge in [-0.15, -0.1) is 10.2 Å². The number of aromatic nitrogens is 3. The van der Waals surface area contributed by atoms with Crippen molar-refractivity contribution in [2.24, 2.45) is 0 Å². The van der Waals surface area contributed by atoms with Crippen LogP contribution in [0.25, 0.3) is 0 Å². The van der Waals surface area contributed by atoms with Gasteiger partial charge in [0.25, 0.3) is 9.05 Å². The van der Waals surface area contributed by atoms with Crippen molar-refractivity contribution in [3.05, 3.63) is 42.5 Å². The second-order valence-corrected chi connectivity index (χ2v) is 5.79. The molecular weight excluding hydrogens is 250 g/mol. The molecule has 0 saturated heterocycles. The van der Waals surface area contributed by atoms with Gasteiger partial charge >= 0.3 is 0 Å². The molecule has 1 heterocycles. The van der Waals surface area contributed by atoms with Gasteiger partial charge in [-0.25, -0.2) is 8.42 Å². The standard InChI is InChI=1S/C9H8ClN3O2S/c10-16(14,15)9-3-1-2-8(4-9)5-13-6-11-12-7-13/h1-4,6-7H,5H2. The minimum absolute atomic E-state index is 0.0970. The lowest BCUT2D eigenvalue weighted by atomic mass is 10.2. The average molecular weight is 258 g/mol. The molecule has 0 unspecified atom stereocenters. The highest BCUT2D eigenvalue weighted by Gasteiger charge is 2.09. The maximum absolute atomic E-state index is 11.1. The summed E-state index contributed by atoms with van der Waals surface area (Å²) in [6.45, 7) is 0.507. The molecule has 7 heteroatoms. The van der Waals surface area contributed by atoms with E-state index < -0.39 is 9.05 Å². The third-order valence-electron chi connectivity index (χ3n) is 2.01. The van der Waals surface area contributed by atoms with Crippen LogP contribution in [0.1, 0.15) is 5.56 Å². The van der Waals surface area contributed by atoms with E-state index in [4.69, 9.17) is 10.7 Å². The largest absolute Gasteiger partial charge is 0.316 e. The van der Waals surface area contributed by atoms with Crippen molar-refractivity contribution in [2.45, 2.75) is 11.4 Å². The molecule has 84 valence electrons. The van der Waals surface area contributed by atoms with Gasteiger partial charge < -0.3 is 4.57 Å². The van der Waals surface area contributed by atoms with E-state index in [0.717, 1.165) is 5.56 Å². The molecule has 5 nitrogen and oxygen atoms in total. The summed E-state index contributed by atoms with van der Waals surface area (Å²) in [6, 6.07) is 6.45. The Kier molecular flexibility index (Phi) is 2.93. The molecule has 2 rings (SSSR count). The van der Waals surface area contributed by atoms with Crippen LogP contribution in [0.15, 0.2) is 41.8 Å². The van der Waals surface area contributed by atoms with E-state index in [1.807, 2.05) is 6.07 Å². The zero-order chi connectivity index (χ0) is 11.6. The van der Waals surface area contributed by atoms with Crippen molar-refractivity contribution in [3.63, 3.8) is 0 Å². The maximum Gasteiger partial charge on any atom is 0.261 e. The fraction of sp³-hybridized carbons (Fsp3) is 0.111. The van der Waals surface area contributed by atoms with Crippen LogP contribution in [0, 0.1) is 0 Å². The van der Waals surface area contributed by atoms with Crippen LogP contribution in [0.3, 0.4) is 0 Å². The predicted octanol–water partition coefficient (Wildman–Crippen LogP) is 1.25. The highest BCUT2D eigenvalue weighted by Crippen LogP contribution is 2.16. The first-order chi connectivity index (χ1) is 7.55. The van der Waals surface area contributed by atoms with Crippen LogP contribution < -0.4 is 0 Å². The van der Waals surface area contributed by atoms with Gasteiger partial charge in [-0.05, 0) is 17.7 Å². The van der Waals surface area contributed by atoms with Crippen LogP contribution in [0.5, 0.6) is 0 Å². The molecule has 16 heavy (non-hydrogen) atoms. The van der Waals surface area contributed by atoms with E-state index >= 15 is 0 Å². The van der Waals surface area contributed by atoms with E-state index in [1.54, 1.807) is 23.3 Å². The Balaban J connectivity index is 2.30. The lowest BCUT2D eigenvalue weighted by molar-refractivity contribution is 0.609. The van der Waals surface area contributed by atoms with E-state index in [2.05, 4.69) is 10.2 Å². The summed E-state index contributed by atoms with van der Waals surface area (Å²) >= 11 is 0. The van der Waals surface area contributed by atoms with Gasteiger partial charge in [-0.3, -0.25) is 0 Å². The van der Waals surface area contributed by atoms with Crippen molar-refractivity contribution in [3.8, 4) is 0 Å². The van der Waals surface area contributed by atoms with E-state index in [1.165, 1.54) is 12.1 Å². The summed E-state index contributed by atoms with van der Waals surface area (Å²) < 4.78 is 24.0. The first kappa shape index (κ1) is 11.1.